The Kier molecular flexibility index (Phi) is 2.75. The topological polar surface area (TPSA) is 79.7 Å². The van der Waals surface area contributed by atoms with E-state index in [9.17, 15) is 4.79 Å². The predicted octanol–water partition coefficient (Wildman–Crippen LogP) is 0.511. The monoisotopic (exact) mass is 210 g/mol. The second-order valence-corrected chi connectivity index (χ2v) is 3.89. The van der Waals surface area contributed by atoms with Gasteiger partial charge in [-0.1, -0.05) is 0 Å². The third kappa shape index (κ3) is 2.37. The van der Waals surface area contributed by atoms with Gasteiger partial charge in [0.1, 0.15) is 12.0 Å². The summed E-state index contributed by atoms with van der Waals surface area (Å²) in [5, 5.41) is 8.71. The molecule has 0 bridgehead atoms. The lowest BCUT2D eigenvalue weighted by atomic mass is 10.3. The number of carbonyl (C=O) groups is 1. The fourth-order valence-electron chi connectivity index (χ4n) is 1.80. The van der Waals surface area contributed by atoms with Gasteiger partial charge in [-0.2, -0.15) is 0 Å². The van der Waals surface area contributed by atoms with Crippen LogP contribution in [0.15, 0.2) is 16.7 Å². The molecule has 1 fully saturated rings. The van der Waals surface area contributed by atoms with E-state index < -0.39 is 5.97 Å². The molecule has 0 aliphatic carbocycles. The van der Waals surface area contributed by atoms with Crippen LogP contribution in [0.4, 0.5) is 0 Å². The summed E-state index contributed by atoms with van der Waals surface area (Å²) < 4.78 is 5.16. The lowest BCUT2D eigenvalue weighted by molar-refractivity contribution is 0.0696. The van der Waals surface area contributed by atoms with Crippen molar-refractivity contribution in [3.05, 3.63) is 23.7 Å². The van der Waals surface area contributed by atoms with Gasteiger partial charge in [0.15, 0.2) is 0 Å². The minimum absolute atomic E-state index is 0.202. The van der Waals surface area contributed by atoms with Crippen molar-refractivity contribution in [1.29, 1.82) is 0 Å². The van der Waals surface area contributed by atoms with Crippen LogP contribution in [0.1, 0.15) is 22.5 Å². The Morgan fingerprint density at radius 1 is 1.73 bits per heavy atom. The molecule has 0 spiro atoms. The van der Waals surface area contributed by atoms with Crippen LogP contribution >= 0.6 is 0 Å². The summed E-state index contributed by atoms with van der Waals surface area (Å²) in [4.78, 5) is 12.8. The fourth-order valence-corrected chi connectivity index (χ4v) is 1.80. The maximum Gasteiger partial charge on any atom is 0.338 e. The zero-order chi connectivity index (χ0) is 10.8. The molecular weight excluding hydrogens is 196 g/mol. The van der Waals surface area contributed by atoms with Gasteiger partial charge in [-0.15, -0.1) is 0 Å². The van der Waals surface area contributed by atoms with E-state index in [1.54, 1.807) is 6.07 Å². The first-order valence-electron chi connectivity index (χ1n) is 4.94. The van der Waals surface area contributed by atoms with Crippen molar-refractivity contribution in [2.75, 3.05) is 13.1 Å². The molecule has 1 aromatic rings. The number of aromatic carboxylic acids is 1. The fraction of sp³-hybridized carbons (Fsp3) is 0.500. The number of carboxylic acid groups (broad SMARTS) is 1. The van der Waals surface area contributed by atoms with Crippen molar-refractivity contribution in [2.45, 2.75) is 19.0 Å². The zero-order valence-electron chi connectivity index (χ0n) is 8.35. The number of furan rings is 1. The normalized spacial score (nSPS) is 22.1. The Labute approximate surface area is 87.5 Å². The van der Waals surface area contributed by atoms with Gasteiger partial charge in [-0.3, -0.25) is 4.90 Å². The van der Waals surface area contributed by atoms with Crippen molar-refractivity contribution in [3.63, 3.8) is 0 Å². The van der Waals surface area contributed by atoms with E-state index in [2.05, 4.69) is 4.90 Å². The van der Waals surface area contributed by atoms with Gasteiger partial charge in [0.05, 0.1) is 12.1 Å². The first-order chi connectivity index (χ1) is 7.15. The molecule has 0 saturated carbocycles. The summed E-state index contributed by atoms with van der Waals surface area (Å²) in [7, 11) is 0. The molecule has 1 saturated heterocycles. The quantitative estimate of drug-likeness (QED) is 0.759. The van der Waals surface area contributed by atoms with E-state index in [0.717, 1.165) is 19.5 Å². The van der Waals surface area contributed by atoms with E-state index in [-0.39, 0.29) is 11.6 Å². The number of likely N-dealkylation sites (tertiary alicyclic amines) is 1. The van der Waals surface area contributed by atoms with E-state index in [1.807, 2.05) is 0 Å². The predicted molar refractivity (Wildman–Crippen MR) is 53.5 cm³/mol. The van der Waals surface area contributed by atoms with E-state index in [1.165, 1.54) is 6.26 Å². The van der Waals surface area contributed by atoms with Crippen LogP contribution in [-0.2, 0) is 6.54 Å². The lowest BCUT2D eigenvalue weighted by Gasteiger charge is -2.12. The number of nitrogens with two attached hydrogens (primary N) is 1. The van der Waals surface area contributed by atoms with Crippen molar-refractivity contribution in [3.8, 4) is 0 Å². The average Bonchev–Trinajstić information content (AvgIpc) is 2.76. The first kappa shape index (κ1) is 10.2. The third-order valence-electron chi connectivity index (χ3n) is 2.59. The van der Waals surface area contributed by atoms with Crippen LogP contribution in [0.25, 0.3) is 0 Å². The van der Waals surface area contributed by atoms with E-state index in [4.69, 9.17) is 15.3 Å². The van der Waals surface area contributed by atoms with Crippen LogP contribution in [0.2, 0.25) is 0 Å². The minimum atomic E-state index is -0.955. The molecule has 2 rings (SSSR count). The molecule has 82 valence electrons. The van der Waals surface area contributed by atoms with Crippen LogP contribution in [0.5, 0.6) is 0 Å². The molecule has 2 heterocycles. The second kappa shape index (κ2) is 4.04. The molecule has 0 amide bonds. The molecule has 0 radical (unpaired) electrons. The highest BCUT2D eigenvalue weighted by Crippen LogP contribution is 2.14. The highest BCUT2D eigenvalue weighted by atomic mass is 16.4. The molecule has 5 heteroatoms. The molecule has 1 aromatic heterocycles. The molecule has 1 aliphatic rings. The van der Waals surface area contributed by atoms with Gasteiger partial charge in [0, 0.05) is 19.1 Å². The summed E-state index contributed by atoms with van der Waals surface area (Å²) in [5.41, 5.74) is 5.97. The summed E-state index contributed by atoms with van der Waals surface area (Å²) in [5.74, 6) is -0.273. The van der Waals surface area contributed by atoms with Crippen LogP contribution in [0, 0.1) is 0 Å². The molecule has 0 aromatic carbocycles. The lowest BCUT2D eigenvalue weighted by Crippen LogP contribution is -2.26. The number of rotatable bonds is 3. The van der Waals surface area contributed by atoms with Gasteiger partial charge < -0.3 is 15.3 Å². The molecular formula is C10H14N2O3. The van der Waals surface area contributed by atoms with Gasteiger partial charge in [-0.05, 0) is 12.5 Å². The number of nitrogens with zero attached hydrogens (tertiary/aromatic N) is 1. The summed E-state index contributed by atoms with van der Waals surface area (Å²) >= 11 is 0. The first-order valence-corrected chi connectivity index (χ1v) is 4.94. The zero-order valence-corrected chi connectivity index (χ0v) is 8.35. The molecule has 15 heavy (non-hydrogen) atoms. The molecule has 5 nitrogen and oxygen atoms in total. The molecule has 1 unspecified atom stereocenters. The van der Waals surface area contributed by atoms with E-state index >= 15 is 0 Å². The molecule has 1 atom stereocenters. The largest absolute Gasteiger partial charge is 0.478 e. The summed E-state index contributed by atoms with van der Waals surface area (Å²) in [6.45, 7) is 2.44. The Bertz CT molecular complexity index is 361. The molecule has 3 N–H and O–H groups in total. The molecule has 1 aliphatic heterocycles. The Balaban J connectivity index is 1.96. The minimum Gasteiger partial charge on any atom is -0.478 e. The smallest absolute Gasteiger partial charge is 0.338 e. The van der Waals surface area contributed by atoms with Gasteiger partial charge >= 0.3 is 5.97 Å². The summed E-state index contributed by atoms with van der Waals surface area (Å²) in [6, 6.07) is 1.80. The second-order valence-electron chi connectivity index (χ2n) is 3.89. The standard InChI is InChI=1S/C10H14N2O3/c11-8-1-2-12(4-8)5-9-3-7(6-15-9)10(13)14/h3,6,8H,1-2,4-5,11H2,(H,13,14). The third-order valence-corrected chi connectivity index (χ3v) is 2.59. The SMILES string of the molecule is NC1CCN(Cc2cc(C(=O)O)co2)C1. The Hall–Kier alpha value is -1.33. The number of carboxylic acids is 1. The van der Waals surface area contributed by atoms with Crippen LogP contribution in [-0.4, -0.2) is 35.1 Å². The van der Waals surface area contributed by atoms with Crippen molar-refractivity contribution in [2.24, 2.45) is 5.73 Å². The number of hydrogen-bond donors (Lipinski definition) is 2. The highest BCUT2D eigenvalue weighted by Gasteiger charge is 2.20. The van der Waals surface area contributed by atoms with Crippen molar-refractivity contribution in [1.82, 2.24) is 4.90 Å². The number of hydrogen-bond acceptors (Lipinski definition) is 4. The van der Waals surface area contributed by atoms with Gasteiger partial charge in [0.25, 0.3) is 0 Å². The van der Waals surface area contributed by atoms with Crippen LogP contribution in [0.3, 0.4) is 0 Å². The Morgan fingerprint density at radius 3 is 3.07 bits per heavy atom. The van der Waals surface area contributed by atoms with Gasteiger partial charge in [-0.25, -0.2) is 4.79 Å². The van der Waals surface area contributed by atoms with Crippen LogP contribution < -0.4 is 5.73 Å². The maximum absolute atomic E-state index is 10.6. The van der Waals surface area contributed by atoms with Crippen molar-refractivity contribution >= 4 is 5.97 Å². The maximum atomic E-state index is 10.6. The van der Waals surface area contributed by atoms with Crippen molar-refractivity contribution < 1.29 is 14.3 Å². The Morgan fingerprint density at radius 2 is 2.53 bits per heavy atom. The highest BCUT2D eigenvalue weighted by molar-refractivity contribution is 5.87. The van der Waals surface area contributed by atoms with E-state index in [0.29, 0.717) is 12.3 Å². The average molecular weight is 210 g/mol. The summed E-state index contributed by atoms with van der Waals surface area (Å²) in [6.07, 6.45) is 2.26. The van der Waals surface area contributed by atoms with Gasteiger partial charge in [0.2, 0.25) is 0 Å².